The van der Waals surface area contributed by atoms with E-state index < -0.39 is 0 Å². The second-order valence-electron chi connectivity index (χ2n) is 6.51. The Balaban J connectivity index is 1.67. The van der Waals surface area contributed by atoms with Crippen molar-refractivity contribution in [3.8, 4) is 16.9 Å². The van der Waals surface area contributed by atoms with E-state index in [1.807, 2.05) is 12.1 Å². The summed E-state index contributed by atoms with van der Waals surface area (Å²) in [5.41, 5.74) is 2.78. The average molecular weight is 396 g/mol. The predicted octanol–water partition coefficient (Wildman–Crippen LogP) is 5.71. The van der Waals surface area contributed by atoms with E-state index in [0.29, 0.717) is 36.3 Å². The van der Waals surface area contributed by atoms with Crippen molar-refractivity contribution in [3.63, 3.8) is 0 Å². The zero-order valence-electron chi connectivity index (χ0n) is 16.2. The van der Waals surface area contributed by atoms with Gasteiger partial charge in [0, 0.05) is 12.0 Å². The lowest BCUT2D eigenvalue weighted by Crippen LogP contribution is -2.05. The molecule has 0 aliphatic rings. The Kier molecular flexibility index (Phi) is 6.95. The summed E-state index contributed by atoms with van der Waals surface area (Å²) < 4.78 is 38.3. The fraction of sp³-hybridized carbons (Fsp3) is 0.208. The molecule has 0 fully saturated rings. The summed E-state index contributed by atoms with van der Waals surface area (Å²) in [4.78, 5) is 11.4. The number of halogens is 2. The van der Waals surface area contributed by atoms with Crippen molar-refractivity contribution in [1.82, 2.24) is 0 Å². The molecular weight excluding hydrogens is 374 g/mol. The van der Waals surface area contributed by atoms with Crippen LogP contribution in [0.5, 0.6) is 5.75 Å². The molecule has 3 rings (SSSR count). The van der Waals surface area contributed by atoms with Crippen LogP contribution in [-0.2, 0) is 22.6 Å². The second-order valence-corrected chi connectivity index (χ2v) is 6.51. The van der Waals surface area contributed by atoms with Gasteiger partial charge in [0.25, 0.3) is 0 Å². The molecule has 0 heterocycles. The molecule has 0 saturated heterocycles. The molecule has 0 saturated carbocycles. The molecule has 0 spiro atoms. The summed E-state index contributed by atoms with van der Waals surface area (Å²) in [5, 5.41) is 0. The maximum Gasteiger partial charge on any atom is 0.306 e. The first-order valence-corrected chi connectivity index (χ1v) is 9.47. The van der Waals surface area contributed by atoms with Gasteiger partial charge in [0.05, 0.1) is 6.61 Å². The lowest BCUT2D eigenvalue weighted by atomic mass is 9.99. The van der Waals surface area contributed by atoms with E-state index in [2.05, 4.69) is 0 Å². The highest BCUT2D eigenvalue weighted by Crippen LogP contribution is 2.27. The summed E-state index contributed by atoms with van der Waals surface area (Å²) in [6.45, 7) is 2.20. The molecule has 0 atom stereocenters. The first kappa shape index (κ1) is 20.5. The highest BCUT2D eigenvalue weighted by Gasteiger charge is 2.11. The van der Waals surface area contributed by atoms with Gasteiger partial charge in [-0.1, -0.05) is 36.4 Å². The Labute approximate surface area is 168 Å². The number of benzene rings is 3. The number of hydrogen-bond acceptors (Lipinski definition) is 3. The van der Waals surface area contributed by atoms with Crippen LogP contribution in [0.25, 0.3) is 11.1 Å². The summed E-state index contributed by atoms with van der Waals surface area (Å²) in [6.07, 6.45) is 0.908. The molecule has 3 aromatic rings. The van der Waals surface area contributed by atoms with Gasteiger partial charge in [-0.15, -0.1) is 0 Å². The van der Waals surface area contributed by atoms with E-state index in [1.165, 1.54) is 18.2 Å². The minimum Gasteiger partial charge on any atom is -0.489 e. The molecule has 0 unspecified atom stereocenters. The largest absolute Gasteiger partial charge is 0.489 e. The molecular formula is C24H22F2O3. The number of aryl methyl sites for hydroxylation is 1. The first-order valence-electron chi connectivity index (χ1n) is 9.47. The van der Waals surface area contributed by atoms with Crippen molar-refractivity contribution in [2.45, 2.75) is 26.4 Å². The smallest absolute Gasteiger partial charge is 0.306 e. The van der Waals surface area contributed by atoms with E-state index in [1.54, 1.807) is 43.3 Å². The van der Waals surface area contributed by atoms with Crippen molar-refractivity contribution in [2.75, 3.05) is 6.61 Å². The van der Waals surface area contributed by atoms with Crippen molar-refractivity contribution in [2.24, 2.45) is 0 Å². The van der Waals surface area contributed by atoms with Gasteiger partial charge in [0.15, 0.2) is 0 Å². The molecule has 0 bridgehead atoms. The average Bonchev–Trinajstić information content (AvgIpc) is 2.73. The van der Waals surface area contributed by atoms with Gasteiger partial charge in [-0.25, -0.2) is 8.78 Å². The summed E-state index contributed by atoms with van der Waals surface area (Å²) >= 11 is 0. The monoisotopic (exact) mass is 396 g/mol. The molecule has 0 aromatic heterocycles. The van der Waals surface area contributed by atoms with Gasteiger partial charge in [0.2, 0.25) is 0 Å². The Hall–Kier alpha value is -3.21. The Morgan fingerprint density at radius 1 is 0.931 bits per heavy atom. The SMILES string of the molecule is CCOC(=O)CCc1ccc(OCc2c(F)cccc2-c2ccc(F)cc2)cc1. The highest BCUT2D eigenvalue weighted by molar-refractivity contribution is 5.69. The normalized spacial score (nSPS) is 10.6. The molecule has 0 radical (unpaired) electrons. The predicted molar refractivity (Wildman–Crippen MR) is 108 cm³/mol. The van der Waals surface area contributed by atoms with E-state index in [-0.39, 0.29) is 24.2 Å². The lowest BCUT2D eigenvalue weighted by Gasteiger charge is -2.13. The minimum absolute atomic E-state index is 0.0432. The first-order chi connectivity index (χ1) is 14.1. The van der Waals surface area contributed by atoms with Crippen LogP contribution in [0.15, 0.2) is 66.7 Å². The number of carbonyl (C=O) groups excluding carboxylic acids is 1. The highest BCUT2D eigenvalue weighted by atomic mass is 19.1. The standard InChI is InChI=1S/C24H22F2O3/c1-2-28-24(27)15-8-17-6-13-20(14-7-17)29-16-22-21(4-3-5-23(22)26)18-9-11-19(25)12-10-18/h3-7,9-14H,2,8,15-16H2,1H3. The minimum atomic E-state index is -0.377. The van der Waals surface area contributed by atoms with Gasteiger partial charge in [0.1, 0.15) is 24.0 Å². The maximum absolute atomic E-state index is 14.4. The number of carbonyl (C=O) groups is 1. The zero-order valence-corrected chi connectivity index (χ0v) is 16.2. The third-order valence-corrected chi connectivity index (χ3v) is 4.50. The zero-order chi connectivity index (χ0) is 20.6. The maximum atomic E-state index is 14.4. The molecule has 0 aliphatic carbocycles. The summed E-state index contributed by atoms with van der Waals surface area (Å²) in [5.74, 6) is -0.345. The van der Waals surface area contributed by atoms with Crippen LogP contribution >= 0.6 is 0 Å². The van der Waals surface area contributed by atoms with Gasteiger partial charge in [-0.05, 0) is 60.4 Å². The molecule has 0 amide bonds. The van der Waals surface area contributed by atoms with Gasteiger partial charge in [-0.3, -0.25) is 4.79 Å². The van der Waals surface area contributed by atoms with Crippen LogP contribution in [-0.4, -0.2) is 12.6 Å². The van der Waals surface area contributed by atoms with Crippen LogP contribution in [0, 0.1) is 11.6 Å². The van der Waals surface area contributed by atoms with Crippen LogP contribution in [0.4, 0.5) is 8.78 Å². The van der Waals surface area contributed by atoms with E-state index in [0.717, 1.165) is 11.1 Å². The van der Waals surface area contributed by atoms with Crippen molar-refractivity contribution >= 4 is 5.97 Å². The number of rotatable bonds is 8. The Morgan fingerprint density at radius 2 is 1.66 bits per heavy atom. The van der Waals surface area contributed by atoms with Crippen molar-refractivity contribution < 1.29 is 23.0 Å². The third kappa shape index (κ3) is 5.64. The van der Waals surface area contributed by atoms with Gasteiger partial charge >= 0.3 is 5.97 Å². The van der Waals surface area contributed by atoms with E-state index in [9.17, 15) is 13.6 Å². The summed E-state index contributed by atoms with van der Waals surface area (Å²) in [7, 11) is 0. The van der Waals surface area contributed by atoms with Crippen LogP contribution in [0.3, 0.4) is 0 Å². The second kappa shape index (κ2) is 9.82. The number of esters is 1. The molecule has 150 valence electrons. The number of hydrogen-bond donors (Lipinski definition) is 0. The fourth-order valence-electron chi connectivity index (χ4n) is 2.99. The molecule has 0 aliphatic heterocycles. The Morgan fingerprint density at radius 3 is 2.34 bits per heavy atom. The molecule has 3 nitrogen and oxygen atoms in total. The van der Waals surface area contributed by atoms with Crippen LogP contribution in [0.2, 0.25) is 0 Å². The number of ether oxygens (including phenoxy) is 2. The van der Waals surface area contributed by atoms with Gasteiger partial charge < -0.3 is 9.47 Å². The third-order valence-electron chi connectivity index (χ3n) is 4.50. The van der Waals surface area contributed by atoms with E-state index in [4.69, 9.17) is 9.47 Å². The van der Waals surface area contributed by atoms with Crippen molar-refractivity contribution in [3.05, 3.63) is 89.5 Å². The Bertz CT molecular complexity index is 951. The van der Waals surface area contributed by atoms with E-state index >= 15 is 0 Å². The molecule has 5 heteroatoms. The van der Waals surface area contributed by atoms with Crippen LogP contribution in [0.1, 0.15) is 24.5 Å². The van der Waals surface area contributed by atoms with Gasteiger partial charge in [-0.2, -0.15) is 0 Å². The molecule has 29 heavy (non-hydrogen) atoms. The van der Waals surface area contributed by atoms with Crippen LogP contribution < -0.4 is 4.74 Å². The fourth-order valence-corrected chi connectivity index (χ4v) is 2.99. The van der Waals surface area contributed by atoms with Crippen molar-refractivity contribution in [1.29, 1.82) is 0 Å². The molecule has 0 N–H and O–H groups in total. The topological polar surface area (TPSA) is 35.5 Å². The quantitative estimate of drug-likeness (QED) is 0.458. The lowest BCUT2D eigenvalue weighted by molar-refractivity contribution is -0.143. The molecule has 3 aromatic carbocycles. The summed E-state index contributed by atoms with van der Waals surface area (Å²) in [6, 6.07) is 18.0.